The summed E-state index contributed by atoms with van der Waals surface area (Å²) in [7, 11) is 0. The first kappa shape index (κ1) is 23.7. The second-order valence-corrected chi connectivity index (χ2v) is 10.6. The van der Waals surface area contributed by atoms with Crippen LogP contribution in [0.4, 0.5) is 0 Å². The highest BCUT2D eigenvalue weighted by atomic mass is 16.3. The van der Waals surface area contributed by atoms with Gasteiger partial charge in [-0.3, -0.25) is 9.59 Å². The summed E-state index contributed by atoms with van der Waals surface area (Å²) in [4.78, 5) is 29.8. The molecule has 2 aromatic heterocycles. The van der Waals surface area contributed by atoms with Gasteiger partial charge in [0.2, 0.25) is 5.91 Å². The average molecular weight is 476 g/mol. The van der Waals surface area contributed by atoms with E-state index in [1.165, 1.54) is 24.8 Å². The average Bonchev–Trinajstić information content (AvgIpc) is 3.42. The van der Waals surface area contributed by atoms with Crippen LogP contribution in [0.15, 0.2) is 53.1 Å². The van der Waals surface area contributed by atoms with Crippen LogP contribution < -0.4 is 5.32 Å². The van der Waals surface area contributed by atoms with Gasteiger partial charge in [-0.05, 0) is 45.1 Å². The molecule has 1 saturated carbocycles. The van der Waals surface area contributed by atoms with E-state index in [0.717, 1.165) is 44.0 Å². The monoisotopic (exact) mass is 475 g/mol. The maximum Gasteiger partial charge on any atom is 0.271 e. The van der Waals surface area contributed by atoms with E-state index < -0.39 is 5.54 Å². The summed E-state index contributed by atoms with van der Waals surface area (Å²) in [5.74, 6) is -0.141. The lowest BCUT2D eigenvalue weighted by Crippen LogP contribution is -2.67. The van der Waals surface area contributed by atoms with E-state index in [-0.39, 0.29) is 23.9 Å². The first-order valence-electron chi connectivity index (χ1n) is 13.2. The zero-order valence-electron chi connectivity index (χ0n) is 21.0. The molecule has 1 aromatic carbocycles. The van der Waals surface area contributed by atoms with Crippen molar-refractivity contribution in [3.05, 3.63) is 60.0 Å². The first-order chi connectivity index (χ1) is 17.0. The number of furan rings is 1. The SMILES string of the molecule is C[C@@H](CCc1ccccc1)N1C(=O)c2cc3occc3n2C[C@@]1(C)C(=O)NC1CCCCCCC1. The Morgan fingerprint density at radius 3 is 2.57 bits per heavy atom. The second kappa shape index (κ2) is 9.92. The molecule has 0 radical (unpaired) electrons. The highest BCUT2D eigenvalue weighted by molar-refractivity contribution is 6.03. The van der Waals surface area contributed by atoms with Crippen LogP contribution in [0.3, 0.4) is 0 Å². The summed E-state index contributed by atoms with van der Waals surface area (Å²) in [6.45, 7) is 4.44. The van der Waals surface area contributed by atoms with Crippen LogP contribution in [0.2, 0.25) is 0 Å². The maximum absolute atomic E-state index is 14.0. The number of amides is 2. The third-order valence-electron chi connectivity index (χ3n) is 8.02. The summed E-state index contributed by atoms with van der Waals surface area (Å²) < 4.78 is 7.58. The minimum atomic E-state index is -0.980. The second-order valence-electron chi connectivity index (χ2n) is 10.6. The largest absolute Gasteiger partial charge is 0.463 e. The third-order valence-corrected chi connectivity index (χ3v) is 8.02. The van der Waals surface area contributed by atoms with Gasteiger partial charge in [-0.1, -0.05) is 62.4 Å². The minimum Gasteiger partial charge on any atom is -0.463 e. The van der Waals surface area contributed by atoms with Crippen LogP contribution in [-0.2, 0) is 17.8 Å². The molecule has 0 spiro atoms. The molecule has 0 bridgehead atoms. The van der Waals surface area contributed by atoms with Crippen LogP contribution in [-0.4, -0.2) is 38.9 Å². The molecule has 5 rings (SSSR count). The fraction of sp³-hybridized carbons (Fsp3) is 0.517. The number of rotatable bonds is 6. The molecule has 186 valence electrons. The van der Waals surface area contributed by atoms with E-state index in [2.05, 4.69) is 24.4 Å². The molecular weight excluding hydrogens is 438 g/mol. The molecule has 1 N–H and O–H groups in total. The summed E-state index contributed by atoms with van der Waals surface area (Å²) in [6.07, 6.45) is 11.4. The van der Waals surface area contributed by atoms with Gasteiger partial charge in [0.1, 0.15) is 11.2 Å². The molecule has 2 aliphatic rings. The zero-order valence-corrected chi connectivity index (χ0v) is 21.0. The van der Waals surface area contributed by atoms with Crippen molar-refractivity contribution in [1.29, 1.82) is 0 Å². The van der Waals surface area contributed by atoms with Crippen molar-refractivity contribution >= 4 is 22.9 Å². The molecule has 6 heteroatoms. The number of fused-ring (bicyclic) bond motifs is 3. The Hall–Kier alpha value is -3.02. The maximum atomic E-state index is 14.0. The van der Waals surface area contributed by atoms with Crippen LogP contribution in [0, 0.1) is 0 Å². The van der Waals surface area contributed by atoms with Crippen molar-refractivity contribution in [2.24, 2.45) is 0 Å². The van der Waals surface area contributed by atoms with Crippen molar-refractivity contribution < 1.29 is 14.0 Å². The van der Waals surface area contributed by atoms with E-state index in [9.17, 15) is 9.59 Å². The number of nitrogens with zero attached hydrogens (tertiary/aromatic N) is 2. The molecule has 3 aromatic rings. The molecule has 1 fully saturated rings. The molecule has 1 aliphatic heterocycles. The van der Waals surface area contributed by atoms with Gasteiger partial charge >= 0.3 is 0 Å². The van der Waals surface area contributed by atoms with Gasteiger partial charge in [0, 0.05) is 24.2 Å². The van der Waals surface area contributed by atoms with Crippen LogP contribution in [0.25, 0.3) is 11.1 Å². The smallest absolute Gasteiger partial charge is 0.271 e. The van der Waals surface area contributed by atoms with Gasteiger partial charge in [-0.25, -0.2) is 0 Å². The molecule has 3 heterocycles. The topological polar surface area (TPSA) is 67.5 Å². The third kappa shape index (κ3) is 4.63. The molecule has 2 atom stereocenters. The highest BCUT2D eigenvalue weighted by Crippen LogP contribution is 2.35. The first-order valence-corrected chi connectivity index (χ1v) is 13.2. The normalized spacial score (nSPS) is 22.5. The van der Waals surface area contributed by atoms with Crippen LogP contribution in [0.1, 0.15) is 81.3 Å². The predicted molar refractivity (Wildman–Crippen MR) is 137 cm³/mol. The molecule has 6 nitrogen and oxygen atoms in total. The number of nitrogens with one attached hydrogen (secondary N) is 1. The Morgan fingerprint density at radius 1 is 1.11 bits per heavy atom. The Bertz CT molecular complexity index is 1170. The highest BCUT2D eigenvalue weighted by Gasteiger charge is 2.50. The van der Waals surface area contributed by atoms with Gasteiger partial charge in [0.15, 0.2) is 5.58 Å². The summed E-state index contributed by atoms with van der Waals surface area (Å²) in [5.41, 5.74) is 2.42. The number of aromatic nitrogens is 1. The number of benzene rings is 1. The number of aryl methyl sites for hydroxylation is 1. The molecule has 0 unspecified atom stereocenters. The number of hydrogen-bond donors (Lipinski definition) is 1. The van der Waals surface area contributed by atoms with Gasteiger partial charge in [0.05, 0.1) is 18.3 Å². The summed E-state index contributed by atoms with van der Waals surface area (Å²) >= 11 is 0. The molecule has 35 heavy (non-hydrogen) atoms. The van der Waals surface area contributed by atoms with E-state index in [1.807, 2.05) is 46.7 Å². The van der Waals surface area contributed by atoms with Gasteiger partial charge < -0.3 is 19.2 Å². The quantitative estimate of drug-likeness (QED) is 0.497. The Labute approximate surface area is 207 Å². The van der Waals surface area contributed by atoms with Crippen molar-refractivity contribution in [2.45, 2.75) is 95.8 Å². The molecule has 1 aliphatic carbocycles. The number of hydrogen-bond acceptors (Lipinski definition) is 3. The fourth-order valence-corrected chi connectivity index (χ4v) is 6.01. The summed E-state index contributed by atoms with van der Waals surface area (Å²) in [6, 6.07) is 14.1. The number of carbonyl (C=O) groups is 2. The standard InChI is InChI=1S/C29H37N3O3/c1-21(15-16-22-11-7-6-8-12-22)32-27(33)25-19-26-24(17-18-35-26)31(25)20-29(32,2)28(34)30-23-13-9-4-3-5-10-14-23/h6-8,11-12,17-19,21,23H,3-5,9-10,13-16,20H2,1-2H3,(H,30,34)/t21-,29-/m0/s1. The van der Waals surface area contributed by atoms with E-state index in [1.54, 1.807) is 6.26 Å². The lowest BCUT2D eigenvalue weighted by atomic mass is 9.90. The van der Waals surface area contributed by atoms with Crippen LogP contribution >= 0.6 is 0 Å². The zero-order chi connectivity index (χ0) is 24.4. The van der Waals surface area contributed by atoms with Gasteiger partial charge in [-0.2, -0.15) is 0 Å². The Morgan fingerprint density at radius 2 is 1.83 bits per heavy atom. The van der Waals surface area contributed by atoms with Crippen LogP contribution in [0.5, 0.6) is 0 Å². The van der Waals surface area contributed by atoms with E-state index in [0.29, 0.717) is 17.8 Å². The van der Waals surface area contributed by atoms with Gasteiger partial charge in [0.25, 0.3) is 5.91 Å². The molecular formula is C29H37N3O3. The molecule has 0 saturated heterocycles. The van der Waals surface area contributed by atoms with Crippen molar-refractivity contribution in [3.63, 3.8) is 0 Å². The Kier molecular flexibility index (Phi) is 6.72. The Balaban J connectivity index is 1.44. The van der Waals surface area contributed by atoms with E-state index in [4.69, 9.17) is 4.42 Å². The van der Waals surface area contributed by atoms with Crippen molar-refractivity contribution in [3.8, 4) is 0 Å². The lowest BCUT2D eigenvalue weighted by Gasteiger charge is -2.47. The van der Waals surface area contributed by atoms with Gasteiger partial charge in [-0.15, -0.1) is 0 Å². The summed E-state index contributed by atoms with van der Waals surface area (Å²) in [5, 5.41) is 3.37. The number of carbonyl (C=O) groups excluding carboxylic acids is 2. The van der Waals surface area contributed by atoms with E-state index >= 15 is 0 Å². The predicted octanol–water partition coefficient (Wildman–Crippen LogP) is 5.70. The lowest BCUT2D eigenvalue weighted by molar-refractivity contribution is -0.135. The fourth-order valence-electron chi connectivity index (χ4n) is 6.01. The van der Waals surface area contributed by atoms with Crippen molar-refractivity contribution in [1.82, 2.24) is 14.8 Å². The minimum absolute atomic E-state index is 0.0426. The molecule has 2 amide bonds. The van der Waals surface area contributed by atoms with Crippen molar-refractivity contribution in [2.75, 3.05) is 0 Å².